The van der Waals surface area contributed by atoms with Crippen LogP contribution in [0.5, 0.6) is 5.75 Å². The molecule has 2 rings (SSSR count). The number of furan rings is 1. The van der Waals surface area contributed by atoms with E-state index in [-0.39, 0.29) is 0 Å². The number of ether oxygens (including phenoxy) is 1. The van der Waals surface area contributed by atoms with Crippen LogP contribution in [-0.4, -0.2) is 4.98 Å². The van der Waals surface area contributed by atoms with Crippen molar-refractivity contribution in [2.24, 2.45) is 0 Å². The standard InChI is InChI=1S/C10H7BrClNO2/c11-9-4-7(6-15-9)5-14-8-2-1-3-13-10(8)12/h1-4,6H,5H2. The monoisotopic (exact) mass is 287 g/mol. The fourth-order valence-corrected chi connectivity index (χ4v) is 1.62. The Morgan fingerprint density at radius 2 is 2.40 bits per heavy atom. The third kappa shape index (κ3) is 2.73. The Morgan fingerprint density at radius 1 is 1.53 bits per heavy atom. The van der Waals surface area contributed by atoms with Gasteiger partial charge in [0, 0.05) is 11.8 Å². The largest absolute Gasteiger partial charge is 0.486 e. The lowest BCUT2D eigenvalue weighted by atomic mass is 10.4. The van der Waals surface area contributed by atoms with Crippen LogP contribution in [0.25, 0.3) is 0 Å². The van der Waals surface area contributed by atoms with Gasteiger partial charge in [-0.25, -0.2) is 4.98 Å². The topological polar surface area (TPSA) is 35.3 Å². The maximum Gasteiger partial charge on any atom is 0.171 e. The molecule has 78 valence electrons. The first kappa shape index (κ1) is 10.5. The van der Waals surface area contributed by atoms with Crippen molar-refractivity contribution in [3.63, 3.8) is 0 Å². The Hall–Kier alpha value is -1.00. The Kier molecular flexibility index (Phi) is 3.28. The molecule has 0 aliphatic heterocycles. The average molecular weight is 289 g/mol. The Bertz CT molecular complexity index is 458. The molecule has 0 N–H and O–H groups in total. The molecule has 0 radical (unpaired) electrons. The summed E-state index contributed by atoms with van der Waals surface area (Å²) < 4.78 is 11.2. The van der Waals surface area contributed by atoms with Gasteiger partial charge in [0.2, 0.25) is 0 Å². The van der Waals surface area contributed by atoms with Gasteiger partial charge < -0.3 is 9.15 Å². The van der Waals surface area contributed by atoms with Gasteiger partial charge >= 0.3 is 0 Å². The molecule has 0 unspecified atom stereocenters. The number of nitrogens with zero attached hydrogens (tertiary/aromatic N) is 1. The Balaban J connectivity index is 2.02. The van der Waals surface area contributed by atoms with Gasteiger partial charge in [-0.3, -0.25) is 0 Å². The molecule has 15 heavy (non-hydrogen) atoms. The van der Waals surface area contributed by atoms with Crippen molar-refractivity contribution in [1.82, 2.24) is 4.98 Å². The highest BCUT2D eigenvalue weighted by molar-refractivity contribution is 9.10. The van der Waals surface area contributed by atoms with Crippen molar-refractivity contribution in [1.29, 1.82) is 0 Å². The molecule has 0 bridgehead atoms. The predicted octanol–water partition coefficient (Wildman–Crippen LogP) is 3.67. The molecule has 5 heteroatoms. The molecule has 0 amide bonds. The van der Waals surface area contributed by atoms with Crippen molar-refractivity contribution in [2.75, 3.05) is 0 Å². The molecule has 0 aliphatic carbocycles. The normalized spacial score (nSPS) is 10.3. The molecular formula is C10H7BrClNO2. The lowest BCUT2D eigenvalue weighted by Crippen LogP contribution is -1.94. The summed E-state index contributed by atoms with van der Waals surface area (Å²) in [6.07, 6.45) is 3.23. The molecule has 2 heterocycles. The lowest BCUT2D eigenvalue weighted by molar-refractivity contribution is 0.304. The van der Waals surface area contributed by atoms with Crippen LogP contribution in [0.1, 0.15) is 5.56 Å². The van der Waals surface area contributed by atoms with Crippen molar-refractivity contribution >= 4 is 27.5 Å². The highest BCUT2D eigenvalue weighted by Gasteiger charge is 2.03. The van der Waals surface area contributed by atoms with Crippen LogP contribution in [0.15, 0.2) is 39.7 Å². The molecule has 0 spiro atoms. The Labute approximate surface area is 100 Å². The SMILES string of the molecule is Clc1ncccc1OCc1coc(Br)c1. The number of aromatic nitrogens is 1. The second-order valence-electron chi connectivity index (χ2n) is 2.84. The van der Waals surface area contributed by atoms with Gasteiger partial charge in [0.05, 0.1) is 6.26 Å². The van der Waals surface area contributed by atoms with E-state index in [9.17, 15) is 0 Å². The minimum absolute atomic E-state index is 0.361. The van der Waals surface area contributed by atoms with Crippen LogP contribution >= 0.6 is 27.5 Å². The zero-order valence-corrected chi connectivity index (χ0v) is 9.96. The van der Waals surface area contributed by atoms with Gasteiger partial charge in [-0.15, -0.1) is 0 Å². The number of hydrogen-bond acceptors (Lipinski definition) is 3. The van der Waals surface area contributed by atoms with E-state index in [0.29, 0.717) is 22.2 Å². The number of rotatable bonds is 3. The van der Waals surface area contributed by atoms with E-state index in [1.807, 2.05) is 6.07 Å². The number of halogens is 2. The minimum atomic E-state index is 0.361. The lowest BCUT2D eigenvalue weighted by Gasteiger charge is -2.04. The first-order chi connectivity index (χ1) is 7.25. The summed E-state index contributed by atoms with van der Waals surface area (Å²) in [4.78, 5) is 3.90. The van der Waals surface area contributed by atoms with Gasteiger partial charge in [-0.05, 0) is 34.1 Å². The summed E-state index contributed by atoms with van der Waals surface area (Å²) in [5, 5.41) is 0.361. The van der Waals surface area contributed by atoms with Crippen LogP contribution in [0, 0.1) is 0 Å². The summed E-state index contributed by atoms with van der Waals surface area (Å²) in [7, 11) is 0. The van der Waals surface area contributed by atoms with Crippen molar-refractivity contribution in [3.8, 4) is 5.75 Å². The van der Waals surface area contributed by atoms with Gasteiger partial charge in [0.25, 0.3) is 0 Å². The molecule has 0 saturated carbocycles. The molecule has 2 aromatic rings. The fraction of sp³-hybridized carbons (Fsp3) is 0.100. The van der Waals surface area contributed by atoms with E-state index in [1.165, 1.54) is 0 Å². The van der Waals surface area contributed by atoms with Crippen molar-refractivity contribution in [3.05, 3.63) is 46.0 Å². The summed E-state index contributed by atoms with van der Waals surface area (Å²) >= 11 is 9.04. The van der Waals surface area contributed by atoms with Crippen LogP contribution in [-0.2, 0) is 6.61 Å². The van der Waals surface area contributed by atoms with E-state index >= 15 is 0 Å². The summed E-state index contributed by atoms with van der Waals surface area (Å²) in [5.41, 5.74) is 0.932. The maximum atomic E-state index is 5.83. The number of hydrogen-bond donors (Lipinski definition) is 0. The summed E-state index contributed by atoms with van der Waals surface area (Å²) in [6, 6.07) is 5.38. The van der Waals surface area contributed by atoms with Gasteiger partial charge in [0.1, 0.15) is 6.61 Å². The van der Waals surface area contributed by atoms with Gasteiger partial charge in [-0.2, -0.15) is 0 Å². The minimum Gasteiger partial charge on any atom is -0.486 e. The van der Waals surface area contributed by atoms with Crippen molar-refractivity contribution < 1.29 is 9.15 Å². The van der Waals surface area contributed by atoms with Gasteiger partial charge in [0.15, 0.2) is 15.6 Å². The van der Waals surface area contributed by atoms with E-state index in [2.05, 4.69) is 20.9 Å². The first-order valence-corrected chi connectivity index (χ1v) is 5.39. The molecule has 0 saturated heterocycles. The molecule has 3 nitrogen and oxygen atoms in total. The van der Waals surface area contributed by atoms with Crippen LogP contribution < -0.4 is 4.74 Å². The first-order valence-electron chi connectivity index (χ1n) is 4.22. The second kappa shape index (κ2) is 4.68. The van der Waals surface area contributed by atoms with Crippen LogP contribution in [0.3, 0.4) is 0 Å². The average Bonchev–Trinajstić information content (AvgIpc) is 2.63. The molecule has 2 aromatic heterocycles. The predicted molar refractivity (Wildman–Crippen MR) is 60.0 cm³/mol. The zero-order chi connectivity index (χ0) is 10.7. The zero-order valence-electron chi connectivity index (χ0n) is 7.61. The quantitative estimate of drug-likeness (QED) is 0.808. The maximum absolute atomic E-state index is 5.83. The molecule has 0 fully saturated rings. The van der Waals surface area contributed by atoms with Crippen molar-refractivity contribution in [2.45, 2.75) is 6.61 Å². The third-order valence-corrected chi connectivity index (χ3v) is 2.44. The number of pyridine rings is 1. The van der Waals surface area contributed by atoms with Crippen LogP contribution in [0.2, 0.25) is 5.15 Å². The van der Waals surface area contributed by atoms with Gasteiger partial charge in [-0.1, -0.05) is 11.6 Å². The van der Waals surface area contributed by atoms with E-state index in [0.717, 1.165) is 5.56 Å². The van der Waals surface area contributed by atoms with E-state index in [1.54, 1.807) is 24.6 Å². The summed E-state index contributed by atoms with van der Waals surface area (Å²) in [5.74, 6) is 0.566. The van der Waals surface area contributed by atoms with Crippen LogP contribution in [0.4, 0.5) is 0 Å². The van der Waals surface area contributed by atoms with E-state index in [4.69, 9.17) is 20.8 Å². The molecule has 0 aliphatic rings. The third-order valence-electron chi connectivity index (χ3n) is 1.74. The highest BCUT2D eigenvalue weighted by atomic mass is 79.9. The smallest absolute Gasteiger partial charge is 0.171 e. The Morgan fingerprint density at radius 3 is 3.07 bits per heavy atom. The second-order valence-corrected chi connectivity index (χ2v) is 3.98. The van der Waals surface area contributed by atoms with E-state index < -0.39 is 0 Å². The molecule has 0 aromatic carbocycles. The highest BCUT2D eigenvalue weighted by Crippen LogP contribution is 2.22. The molecular weight excluding hydrogens is 281 g/mol. The molecule has 0 atom stereocenters. The fourth-order valence-electron chi connectivity index (χ4n) is 1.06. The summed E-state index contributed by atoms with van der Waals surface area (Å²) in [6.45, 7) is 0.403.